The van der Waals surface area contributed by atoms with Gasteiger partial charge in [-0.25, -0.2) is 0 Å². The number of rotatable bonds is 11. The zero-order valence-electron chi connectivity index (χ0n) is 64.4. The van der Waals surface area contributed by atoms with Crippen molar-refractivity contribution in [1.29, 1.82) is 0 Å². The first-order valence-electron chi connectivity index (χ1n) is 44.1. The van der Waals surface area contributed by atoms with Gasteiger partial charge in [0.15, 0.2) is 0 Å². The fourth-order valence-electron chi connectivity index (χ4n) is 35.9. The topological polar surface area (TPSA) is 0 Å². The van der Waals surface area contributed by atoms with E-state index in [4.69, 9.17) is 0 Å². The molecule has 25 bridgehead atoms. The quantitative estimate of drug-likeness (QED) is 0.181. The molecule has 15 fully saturated rings. The first-order chi connectivity index (χ1) is 48.9. The van der Waals surface area contributed by atoms with E-state index in [0.29, 0.717) is 53.3 Å². The Bertz CT molecular complexity index is 3500. The smallest absolute Gasteiger partial charge is 0.00165 e. The van der Waals surface area contributed by atoms with Gasteiger partial charge in [0.1, 0.15) is 0 Å². The Hall–Kier alpha value is -3.64. The van der Waals surface area contributed by atoms with Crippen molar-refractivity contribution in [3.8, 4) is 0 Å². The summed E-state index contributed by atoms with van der Waals surface area (Å²) < 4.78 is 0. The molecule has 0 N–H and O–H groups in total. The highest BCUT2D eigenvalue weighted by atomic mass is 14.7. The Morgan fingerprint density at radius 1 is 0.330 bits per heavy atom. The molecule has 47 atom stereocenters. The van der Waals surface area contributed by atoms with Crippen LogP contribution in [0.3, 0.4) is 0 Å². The van der Waals surface area contributed by atoms with Crippen molar-refractivity contribution >= 4 is 0 Å². The maximum Gasteiger partial charge on any atom is 0.00165 e. The highest BCUT2D eigenvalue weighted by Gasteiger charge is 2.70. The second kappa shape index (κ2) is 26.1. The maximum atomic E-state index is 3.02. The molecular weight excluding hydrogens is 1200 g/mol. The molecule has 0 saturated heterocycles. The van der Waals surface area contributed by atoms with Gasteiger partial charge < -0.3 is 0 Å². The van der Waals surface area contributed by atoms with Gasteiger partial charge in [-0.2, -0.15) is 0 Å². The normalized spacial score (nSPS) is 58.9. The summed E-state index contributed by atoms with van der Waals surface area (Å²) in [4.78, 5) is 0. The molecule has 0 spiro atoms. The minimum absolute atomic E-state index is 0.641. The lowest BCUT2D eigenvalue weighted by molar-refractivity contribution is 0.0723. The highest BCUT2D eigenvalue weighted by Crippen LogP contribution is 2.76. The van der Waals surface area contributed by atoms with Crippen molar-refractivity contribution < 1.29 is 0 Å². The van der Waals surface area contributed by atoms with Crippen LogP contribution in [0.1, 0.15) is 167 Å². The molecule has 100 heavy (non-hydrogen) atoms. The summed E-state index contributed by atoms with van der Waals surface area (Å²) in [7, 11) is 0. The summed E-state index contributed by atoms with van der Waals surface area (Å²) in [6.07, 6.45) is 93.3. The number of allylic oxidation sites excluding steroid dienone is 28. The van der Waals surface area contributed by atoms with Crippen LogP contribution < -0.4 is 0 Å². The molecule has 20 aliphatic carbocycles. The average molecular weight is 1340 g/mol. The zero-order chi connectivity index (χ0) is 68.0. The van der Waals surface area contributed by atoms with E-state index in [-0.39, 0.29) is 0 Å². The minimum atomic E-state index is 0.641. The van der Waals surface area contributed by atoms with Crippen LogP contribution in [0, 0.1) is 278 Å². The van der Waals surface area contributed by atoms with Crippen molar-refractivity contribution in [2.75, 3.05) is 0 Å². The molecule has 42 unspecified atom stereocenters. The molecule has 0 radical (unpaired) electrons. The van der Waals surface area contributed by atoms with E-state index in [1.807, 2.05) is 5.57 Å². The lowest BCUT2D eigenvalue weighted by Crippen LogP contribution is -2.38. The number of hydrogen-bond acceptors (Lipinski definition) is 0. The summed E-state index contributed by atoms with van der Waals surface area (Å²) in [5, 5.41) is 0. The van der Waals surface area contributed by atoms with Gasteiger partial charge in [0.25, 0.3) is 0 Å². The van der Waals surface area contributed by atoms with Gasteiger partial charge in [0.2, 0.25) is 0 Å². The fourth-order valence-corrected chi connectivity index (χ4v) is 35.9. The van der Waals surface area contributed by atoms with Gasteiger partial charge in [-0.1, -0.05) is 217 Å². The van der Waals surface area contributed by atoms with Crippen molar-refractivity contribution in [3.63, 3.8) is 0 Å². The Kier molecular flexibility index (Phi) is 17.5. The summed E-state index contributed by atoms with van der Waals surface area (Å²) in [6, 6.07) is 0. The molecule has 0 aliphatic heterocycles. The molecule has 536 valence electrons. The van der Waals surface area contributed by atoms with Gasteiger partial charge in [0, 0.05) is 5.92 Å². The van der Waals surface area contributed by atoms with Crippen LogP contribution >= 0.6 is 0 Å². The molecule has 0 amide bonds. The first-order valence-corrected chi connectivity index (χ1v) is 44.1. The predicted octanol–water partition coefficient (Wildman–Crippen LogP) is 24.7. The highest BCUT2D eigenvalue weighted by molar-refractivity contribution is 5.37. The van der Waals surface area contributed by atoms with E-state index in [1.54, 1.807) is 0 Å². The molecule has 0 heteroatoms. The summed E-state index contributed by atoms with van der Waals surface area (Å²) in [5.74, 6) is 36.9. The van der Waals surface area contributed by atoms with Gasteiger partial charge in [-0.05, 0) is 391 Å². The molecule has 15 saturated carbocycles. The fraction of sp³-hybridized carbons (Fsp3) is 0.720. The Morgan fingerprint density at radius 2 is 0.740 bits per heavy atom. The van der Waals surface area contributed by atoms with E-state index in [1.165, 1.54) is 83.5 Å². The Balaban J connectivity index is 0.690. The van der Waals surface area contributed by atoms with Crippen molar-refractivity contribution in [2.24, 2.45) is 278 Å². The van der Waals surface area contributed by atoms with Crippen molar-refractivity contribution in [2.45, 2.75) is 167 Å². The lowest BCUT2D eigenvalue weighted by Gasteiger charge is -2.43. The molecule has 0 aromatic heterocycles. The standard InChI is InChI=1S/C100H136/c1-13-21-53(9)87-70(28-20-8)80-50-83(87)97-67-32-30-58-42-60(24-16-4)90-56(12)76(48-78(58)90)72-38-40-74-82-52-86(100(72)74)96-62(26-18-6)44-65(94(82)96)35-36-68-45-63(91-79-49-84(98(68)91)88(54(10)22-14-2)69(79)27-19-7)31-29-57-41-59(23-15-3)89-55(11)75(47-77(57)89)71-37-39-73-81-51-85(99(71)73)95-61(25-17-5)43-64(93(81)95)33-34-66(46-67)92(80)97/h13,15-21,23-40,47,53-74,76-100H,14,22,41-46,48-52H2,1-12H3/b21-13+,23-15+,24-16+,25-17+,26-18+,27-19+,28-20+,31-29+,32-30+,34-33+,36-35+/t53-,54+,55-,56-,57?,58?,59?,60?,61?,62?,63?,64?,65?,66?,67?,68?,69?,70?,71?,72-,73?,74?,76?,77?,78?,79?,80?,81?,82?,83?,84?,85?,86?,87?,88?,89?,90?,91?,92?,93?,94?,95?,96?,97?,98?,99?,100?/m1/s1. The molecule has 0 heterocycles. The van der Waals surface area contributed by atoms with Crippen LogP contribution in [0.25, 0.3) is 0 Å². The van der Waals surface area contributed by atoms with Crippen molar-refractivity contribution in [1.82, 2.24) is 0 Å². The monoisotopic (exact) mass is 1340 g/mol. The number of fused-ring (bicyclic) bond motifs is 12. The second-order valence-electron chi connectivity index (χ2n) is 40.2. The summed E-state index contributed by atoms with van der Waals surface area (Å²) >= 11 is 0. The third kappa shape index (κ3) is 9.76. The van der Waals surface area contributed by atoms with E-state index < -0.39 is 0 Å². The zero-order valence-corrected chi connectivity index (χ0v) is 64.4. The van der Waals surface area contributed by atoms with Crippen LogP contribution in [0.4, 0.5) is 0 Å². The first kappa shape index (κ1) is 67.0. The summed E-state index contributed by atoms with van der Waals surface area (Å²) in [6.45, 7) is 29.7. The van der Waals surface area contributed by atoms with E-state index >= 15 is 0 Å². The molecule has 0 aromatic carbocycles. The average Bonchev–Trinajstić information content (AvgIpc) is 1.54. The maximum absolute atomic E-state index is 3.02. The van der Waals surface area contributed by atoms with E-state index in [0.717, 1.165) is 225 Å². The van der Waals surface area contributed by atoms with Gasteiger partial charge in [-0.15, -0.1) is 0 Å². The van der Waals surface area contributed by atoms with Gasteiger partial charge in [0.05, 0.1) is 0 Å². The predicted molar refractivity (Wildman–Crippen MR) is 419 cm³/mol. The van der Waals surface area contributed by atoms with Crippen LogP contribution in [-0.4, -0.2) is 0 Å². The minimum Gasteiger partial charge on any atom is -0.0914 e. The third-order valence-corrected chi connectivity index (χ3v) is 37.5. The van der Waals surface area contributed by atoms with Crippen molar-refractivity contribution in [3.05, 3.63) is 170 Å². The molecule has 20 aliphatic rings. The second-order valence-corrected chi connectivity index (χ2v) is 40.2. The third-order valence-electron chi connectivity index (χ3n) is 37.5. The molecule has 20 rings (SSSR count). The SMILES string of the molecule is C/C=C/C1CC2/C=C/C3CC(/C=C/C4CC(/C=C/C)C5C4CC([C@H]5C)[C@H]4C=CC5C6CC(C7C(/C=C/C)CC(/C=C/C8CC(/C=C/C9CC(/C=C/C)C%10C9C=C(C9C=CC%11C%12CC(C9%11)C1C2%12)[C@H]%10C)C1C2CC(C81)C([C@@H](C)CCC)C2/C=C/C)C67)C54)C1C2CC(C(/C=C/C)C2[C@H](C)/C=C/C)C31. The Morgan fingerprint density at radius 3 is 1.29 bits per heavy atom. The van der Waals surface area contributed by atoms with E-state index in [9.17, 15) is 0 Å². The lowest BCUT2D eigenvalue weighted by atomic mass is 9.62. The largest absolute Gasteiger partial charge is 0.0914 e. The van der Waals surface area contributed by atoms with Gasteiger partial charge in [-0.3, -0.25) is 0 Å². The molecule has 0 nitrogen and oxygen atoms in total. The molecular formula is C100H136. The van der Waals surface area contributed by atoms with Crippen LogP contribution in [0.5, 0.6) is 0 Å². The number of hydrogen-bond donors (Lipinski definition) is 0. The Labute approximate surface area is 610 Å². The van der Waals surface area contributed by atoms with Crippen LogP contribution in [-0.2, 0) is 0 Å². The molecule has 0 aromatic rings. The summed E-state index contributed by atoms with van der Waals surface area (Å²) in [5.41, 5.74) is 1.89. The van der Waals surface area contributed by atoms with Crippen LogP contribution in [0.2, 0.25) is 0 Å². The van der Waals surface area contributed by atoms with E-state index in [2.05, 4.69) is 247 Å². The van der Waals surface area contributed by atoms with Crippen LogP contribution in [0.15, 0.2) is 170 Å². The van der Waals surface area contributed by atoms with Gasteiger partial charge >= 0.3 is 0 Å².